The number of aromatic nitrogens is 2. The average molecular weight is 479 g/mol. The lowest BCUT2D eigenvalue weighted by atomic mass is 9.98. The molecule has 1 fully saturated rings. The summed E-state index contributed by atoms with van der Waals surface area (Å²) in [5, 5.41) is 10.2. The van der Waals surface area contributed by atoms with Crippen LogP contribution in [0, 0.1) is 0 Å². The highest BCUT2D eigenvalue weighted by Crippen LogP contribution is 2.40. The first-order valence-electron chi connectivity index (χ1n) is 7.15. The topological polar surface area (TPSA) is 79.7 Å². The van der Waals surface area contributed by atoms with Crippen LogP contribution in [0.2, 0.25) is 0 Å². The van der Waals surface area contributed by atoms with Crippen LogP contribution < -0.4 is 5.73 Å². The summed E-state index contributed by atoms with van der Waals surface area (Å²) in [6, 6.07) is 0. The molecule has 0 saturated carbocycles. The molecule has 0 aromatic carbocycles. The van der Waals surface area contributed by atoms with Crippen LogP contribution in [0.5, 0.6) is 0 Å². The van der Waals surface area contributed by atoms with Crippen LogP contribution >= 0.6 is 35.7 Å². The van der Waals surface area contributed by atoms with Gasteiger partial charge in [-0.05, 0) is 0 Å². The Hall–Kier alpha value is -0.690. The highest BCUT2D eigenvalue weighted by molar-refractivity contribution is 14.0. The molecule has 0 amide bonds. The smallest absolute Gasteiger partial charge is 0.374 e. The van der Waals surface area contributed by atoms with E-state index >= 15 is 0 Å². The van der Waals surface area contributed by atoms with Gasteiger partial charge in [-0.25, -0.2) is 4.98 Å². The van der Waals surface area contributed by atoms with Crippen molar-refractivity contribution in [2.24, 2.45) is 17.8 Å². The average Bonchev–Trinajstić information content (AvgIpc) is 2.93. The minimum atomic E-state index is -4.85. The van der Waals surface area contributed by atoms with Gasteiger partial charge in [-0.1, -0.05) is 0 Å². The molecule has 6 nitrogen and oxygen atoms in total. The van der Waals surface area contributed by atoms with E-state index in [0.717, 1.165) is 29.2 Å². The summed E-state index contributed by atoms with van der Waals surface area (Å²) in [6.07, 6.45) is -2.91. The summed E-state index contributed by atoms with van der Waals surface area (Å²) in [6.45, 7) is 1.21. The Morgan fingerprint density at radius 1 is 1.42 bits per heavy atom. The Bertz CT molecular complexity index is 562. The molecule has 1 aromatic rings. The lowest BCUT2D eigenvalue weighted by Gasteiger charge is -2.30. The Morgan fingerprint density at radius 2 is 2.04 bits per heavy atom. The monoisotopic (exact) mass is 479 g/mol. The SMILES string of the molecule is Cn1ccnc1C(O)(CCN=C(N)N1CCSCC1)C(F)(F)F.I. The first kappa shape index (κ1) is 21.4. The van der Waals surface area contributed by atoms with Crippen molar-refractivity contribution >= 4 is 41.7 Å². The van der Waals surface area contributed by atoms with Crippen molar-refractivity contribution < 1.29 is 18.3 Å². The zero-order valence-corrected chi connectivity index (χ0v) is 16.3. The lowest BCUT2D eigenvalue weighted by molar-refractivity contribution is -0.272. The number of imidazole rings is 1. The maximum atomic E-state index is 13.3. The number of nitrogens with two attached hydrogens (primary N) is 1. The molecule has 0 aliphatic carbocycles. The zero-order chi connectivity index (χ0) is 17.1. The third-order valence-corrected chi connectivity index (χ3v) is 4.69. The van der Waals surface area contributed by atoms with Crippen LogP contribution in [0.4, 0.5) is 13.2 Å². The molecule has 1 aliphatic rings. The molecule has 24 heavy (non-hydrogen) atoms. The van der Waals surface area contributed by atoms with Crippen LogP contribution in [0.15, 0.2) is 17.4 Å². The fourth-order valence-corrected chi connectivity index (χ4v) is 3.27. The number of aryl methyl sites for hydroxylation is 1. The molecule has 2 heterocycles. The van der Waals surface area contributed by atoms with Crippen LogP contribution in [-0.2, 0) is 12.6 Å². The zero-order valence-electron chi connectivity index (χ0n) is 13.2. The normalized spacial score (nSPS) is 18.9. The minimum absolute atomic E-state index is 0. The van der Waals surface area contributed by atoms with E-state index in [4.69, 9.17) is 5.73 Å². The van der Waals surface area contributed by atoms with Crippen molar-refractivity contribution in [1.29, 1.82) is 0 Å². The Labute approximate surface area is 159 Å². The number of hydrogen-bond donors (Lipinski definition) is 2. The molecule has 3 N–H and O–H groups in total. The van der Waals surface area contributed by atoms with Gasteiger partial charge in [-0.2, -0.15) is 24.9 Å². The van der Waals surface area contributed by atoms with Gasteiger partial charge in [0.1, 0.15) is 5.82 Å². The third-order valence-electron chi connectivity index (χ3n) is 3.74. The van der Waals surface area contributed by atoms with Crippen LogP contribution in [-0.4, -0.2) is 62.8 Å². The number of halogens is 4. The molecule has 0 bridgehead atoms. The summed E-state index contributed by atoms with van der Waals surface area (Å²) >= 11 is 1.80. The van der Waals surface area contributed by atoms with Crippen LogP contribution in [0.3, 0.4) is 0 Å². The van der Waals surface area contributed by atoms with E-state index in [1.54, 1.807) is 11.8 Å². The maximum absolute atomic E-state index is 13.3. The van der Waals surface area contributed by atoms with Crippen molar-refractivity contribution in [1.82, 2.24) is 14.5 Å². The number of guanidine groups is 1. The van der Waals surface area contributed by atoms with Gasteiger partial charge in [-0.15, -0.1) is 24.0 Å². The van der Waals surface area contributed by atoms with E-state index in [1.807, 2.05) is 4.90 Å². The van der Waals surface area contributed by atoms with E-state index in [1.165, 1.54) is 19.4 Å². The van der Waals surface area contributed by atoms with Gasteiger partial charge in [-0.3, -0.25) is 4.99 Å². The van der Waals surface area contributed by atoms with E-state index < -0.39 is 24.0 Å². The van der Waals surface area contributed by atoms with Gasteiger partial charge in [0, 0.05) is 57.0 Å². The molecule has 0 radical (unpaired) electrons. The molecule has 1 unspecified atom stereocenters. The maximum Gasteiger partial charge on any atom is 0.424 e. The Kier molecular flexibility index (Phi) is 7.66. The lowest BCUT2D eigenvalue weighted by Crippen LogP contribution is -2.45. The molecule has 11 heteroatoms. The summed E-state index contributed by atoms with van der Waals surface area (Å²) in [5.74, 6) is 1.59. The van der Waals surface area contributed by atoms with Crippen molar-refractivity contribution in [2.75, 3.05) is 31.1 Å². The summed E-state index contributed by atoms with van der Waals surface area (Å²) < 4.78 is 41.1. The van der Waals surface area contributed by atoms with E-state index in [0.29, 0.717) is 0 Å². The second-order valence-corrected chi connectivity index (χ2v) is 6.53. The molecular weight excluding hydrogens is 458 g/mol. The Morgan fingerprint density at radius 3 is 2.54 bits per heavy atom. The number of thioether (sulfide) groups is 1. The highest BCUT2D eigenvalue weighted by atomic mass is 127. The van der Waals surface area contributed by atoms with Gasteiger partial charge in [0.15, 0.2) is 5.96 Å². The first-order chi connectivity index (χ1) is 10.8. The summed E-state index contributed by atoms with van der Waals surface area (Å²) in [7, 11) is 1.40. The number of alkyl halides is 3. The molecule has 1 aliphatic heterocycles. The van der Waals surface area contributed by atoms with Gasteiger partial charge in [0.2, 0.25) is 5.60 Å². The number of nitrogens with zero attached hydrogens (tertiary/aromatic N) is 4. The molecular formula is C13H21F3IN5OS. The minimum Gasteiger partial charge on any atom is -0.374 e. The van der Waals surface area contributed by atoms with Gasteiger partial charge in [0.05, 0.1) is 0 Å². The number of aliphatic hydroxyl groups is 1. The quantitative estimate of drug-likeness (QED) is 0.389. The van der Waals surface area contributed by atoms with Crippen molar-refractivity contribution in [3.05, 3.63) is 18.2 Å². The second-order valence-electron chi connectivity index (χ2n) is 5.31. The highest BCUT2D eigenvalue weighted by Gasteiger charge is 2.57. The number of hydrogen-bond acceptors (Lipinski definition) is 4. The van der Waals surface area contributed by atoms with E-state index in [2.05, 4.69) is 9.98 Å². The molecule has 0 spiro atoms. The standard InChI is InChI=1S/C13H20F3N5OS.HI/c1-20-5-4-18-10(20)12(22,13(14,15)16)2-3-19-11(17)21-6-8-23-9-7-21;/h4-5,22H,2-3,6-9H2,1H3,(H2,17,19);1H. The van der Waals surface area contributed by atoms with Gasteiger partial charge in [0.25, 0.3) is 0 Å². The molecule has 2 rings (SSSR count). The molecule has 1 saturated heterocycles. The van der Waals surface area contributed by atoms with Crippen LogP contribution in [0.25, 0.3) is 0 Å². The van der Waals surface area contributed by atoms with Crippen molar-refractivity contribution in [3.8, 4) is 0 Å². The molecule has 1 atom stereocenters. The fourth-order valence-electron chi connectivity index (χ4n) is 2.37. The fraction of sp³-hybridized carbons (Fsp3) is 0.692. The largest absolute Gasteiger partial charge is 0.424 e. The van der Waals surface area contributed by atoms with Crippen LogP contribution in [0.1, 0.15) is 12.2 Å². The van der Waals surface area contributed by atoms with Gasteiger partial charge < -0.3 is 20.3 Å². The predicted molar refractivity (Wildman–Crippen MR) is 98.6 cm³/mol. The molecule has 138 valence electrons. The van der Waals surface area contributed by atoms with E-state index in [9.17, 15) is 18.3 Å². The number of aliphatic imine (C=N–C) groups is 1. The van der Waals surface area contributed by atoms with Crippen molar-refractivity contribution in [3.63, 3.8) is 0 Å². The first-order valence-corrected chi connectivity index (χ1v) is 8.30. The number of rotatable bonds is 4. The summed E-state index contributed by atoms with van der Waals surface area (Å²) in [4.78, 5) is 9.48. The third kappa shape index (κ3) is 4.69. The second kappa shape index (κ2) is 8.61. The summed E-state index contributed by atoms with van der Waals surface area (Å²) in [5.41, 5.74) is 2.77. The van der Waals surface area contributed by atoms with E-state index in [-0.39, 0.29) is 36.5 Å². The van der Waals surface area contributed by atoms with Gasteiger partial charge >= 0.3 is 6.18 Å². The predicted octanol–water partition coefficient (Wildman–Crippen LogP) is 1.54. The molecule has 1 aromatic heterocycles. The van der Waals surface area contributed by atoms with Crippen molar-refractivity contribution in [2.45, 2.75) is 18.2 Å². The Balaban J connectivity index is 0.00000288.